The molecule has 43 heavy (non-hydrogen) atoms. The van der Waals surface area contributed by atoms with Crippen molar-refractivity contribution in [2.45, 2.75) is 71.8 Å². The zero-order valence-electron chi connectivity index (χ0n) is 26.5. The van der Waals surface area contributed by atoms with Crippen molar-refractivity contribution in [2.24, 2.45) is 5.73 Å². The number of primary amides is 1. The van der Waals surface area contributed by atoms with E-state index in [1.54, 1.807) is 12.3 Å². The predicted molar refractivity (Wildman–Crippen MR) is 179 cm³/mol. The topological polar surface area (TPSA) is 106 Å². The number of aryl methyl sites for hydroxylation is 1. The number of aromatic nitrogens is 4. The van der Waals surface area contributed by atoms with Crippen LogP contribution in [0.2, 0.25) is 51.4 Å². The van der Waals surface area contributed by atoms with Crippen LogP contribution in [0.15, 0.2) is 48.8 Å². The average Bonchev–Trinajstić information content (AvgIpc) is 3.51. The zero-order chi connectivity index (χ0) is 31.2. The van der Waals surface area contributed by atoms with Crippen LogP contribution < -0.4 is 10.5 Å². The standard InChI is InChI=1S/C32H45N5O4Si2/c1-24-8-9-25(20-28(24)32(33)38)41-26-10-11-27-29(35-37(30(27)21-26)23-40-17-19-43(5,6)7)12-13-31-34-14-15-36(31)22-39-16-18-42(2,3)4/h8-15,20-21H,16-19,22-23H2,1-7H3,(H2,33,38). The van der Waals surface area contributed by atoms with E-state index in [1.165, 1.54) is 0 Å². The first-order chi connectivity index (χ1) is 20.3. The van der Waals surface area contributed by atoms with Crippen LogP contribution in [0.3, 0.4) is 0 Å². The van der Waals surface area contributed by atoms with Crippen LogP contribution in [-0.2, 0) is 22.9 Å². The Morgan fingerprint density at radius 1 is 0.907 bits per heavy atom. The number of carbonyl (C=O) groups excluding carboxylic acids is 1. The first kappa shape index (κ1) is 32.4. The second-order valence-electron chi connectivity index (χ2n) is 13.3. The van der Waals surface area contributed by atoms with E-state index in [9.17, 15) is 4.79 Å². The van der Waals surface area contributed by atoms with E-state index in [0.29, 0.717) is 37.1 Å². The molecule has 0 aliphatic rings. The van der Waals surface area contributed by atoms with Gasteiger partial charge in [0.1, 0.15) is 30.8 Å². The lowest BCUT2D eigenvalue weighted by Crippen LogP contribution is -2.22. The summed E-state index contributed by atoms with van der Waals surface area (Å²) in [7, 11) is -2.36. The number of fused-ring (bicyclic) bond motifs is 1. The summed E-state index contributed by atoms with van der Waals surface area (Å²) >= 11 is 0. The highest BCUT2D eigenvalue weighted by Crippen LogP contribution is 2.29. The van der Waals surface area contributed by atoms with Gasteiger partial charge in [-0.25, -0.2) is 9.67 Å². The Bertz CT molecular complexity index is 1580. The van der Waals surface area contributed by atoms with E-state index in [2.05, 4.69) is 44.3 Å². The molecular weight excluding hydrogens is 575 g/mol. The molecule has 0 saturated heterocycles. The van der Waals surface area contributed by atoms with Crippen LogP contribution in [0.5, 0.6) is 11.5 Å². The summed E-state index contributed by atoms with van der Waals surface area (Å²) in [5, 5.41) is 5.85. The monoisotopic (exact) mass is 619 g/mol. The molecule has 4 rings (SSSR count). The number of hydrogen-bond acceptors (Lipinski definition) is 6. The van der Waals surface area contributed by atoms with Crippen molar-refractivity contribution in [3.63, 3.8) is 0 Å². The van der Waals surface area contributed by atoms with Crippen molar-refractivity contribution < 1.29 is 19.0 Å². The molecule has 0 aliphatic carbocycles. The van der Waals surface area contributed by atoms with Gasteiger partial charge in [-0.2, -0.15) is 5.10 Å². The van der Waals surface area contributed by atoms with Gasteiger partial charge >= 0.3 is 0 Å². The molecule has 2 aromatic heterocycles. The maximum atomic E-state index is 11.8. The van der Waals surface area contributed by atoms with E-state index >= 15 is 0 Å². The van der Waals surface area contributed by atoms with Gasteiger partial charge in [0.25, 0.3) is 0 Å². The SMILES string of the molecule is Cc1ccc(Oc2ccc3c(C=Cc4nccn4COCC[Si](C)(C)C)nn(COCC[Si](C)(C)C)c3c2)cc1C(N)=O. The summed E-state index contributed by atoms with van der Waals surface area (Å²) in [5.74, 6) is 1.47. The molecule has 230 valence electrons. The molecule has 1 amide bonds. The average molecular weight is 620 g/mol. The molecule has 11 heteroatoms. The minimum Gasteiger partial charge on any atom is -0.457 e. The summed E-state index contributed by atoms with van der Waals surface area (Å²) < 4.78 is 22.0. The number of ether oxygens (including phenoxy) is 3. The highest BCUT2D eigenvalue weighted by atomic mass is 28.3. The van der Waals surface area contributed by atoms with Crippen molar-refractivity contribution >= 4 is 45.1 Å². The Labute approximate surface area is 256 Å². The van der Waals surface area contributed by atoms with Gasteiger partial charge in [-0.3, -0.25) is 4.79 Å². The normalized spacial score (nSPS) is 12.4. The molecule has 0 unspecified atom stereocenters. The highest BCUT2D eigenvalue weighted by Gasteiger charge is 2.15. The van der Waals surface area contributed by atoms with Gasteiger partial charge in [-0.1, -0.05) is 45.3 Å². The molecular formula is C32H45N5O4Si2. The number of benzene rings is 2. The van der Waals surface area contributed by atoms with Crippen LogP contribution in [0.1, 0.15) is 27.4 Å². The Morgan fingerprint density at radius 2 is 1.56 bits per heavy atom. The lowest BCUT2D eigenvalue weighted by atomic mass is 10.1. The Morgan fingerprint density at radius 3 is 2.23 bits per heavy atom. The van der Waals surface area contributed by atoms with Gasteiger partial charge in [0.2, 0.25) is 5.91 Å². The number of carbonyl (C=O) groups is 1. The second kappa shape index (κ2) is 13.8. The Kier molecular flexibility index (Phi) is 10.4. The smallest absolute Gasteiger partial charge is 0.249 e. The Balaban J connectivity index is 1.57. The van der Waals surface area contributed by atoms with Crippen molar-refractivity contribution in [3.05, 3.63) is 71.4 Å². The molecule has 0 bridgehead atoms. The van der Waals surface area contributed by atoms with Gasteiger partial charge in [0.05, 0.1) is 11.2 Å². The van der Waals surface area contributed by atoms with Crippen LogP contribution in [-0.4, -0.2) is 54.6 Å². The Hall–Kier alpha value is -3.52. The van der Waals surface area contributed by atoms with E-state index in [1.807, 2.05) is 64.9 Å². The maximum Gasteiger partial charge on any atom is 0.249 e. The van der Waals surface area contributed by atoms with E-state index in [0.717, 1.165) is 46.7 Å². The van der Waals surface area contributed by atoms with Crippen molar-refractivity contribution in [1.29, 1.82) is 0 Å². The molecule has 2 heterocycles. The summed E-state index contributed by atoms with van der Waals surface area (Å²) in [4.78, 5) is 16.3. The van der Waals surface area contributed by atoms with E-state index in [-0.39, 0.29) is 0 Å². The van der Waals surface area contributed by atoms with Gasteiger partial charge in [0, 0.05) is 58.8 Å². The fourth-order valence-corrected chi connectivity index (χ4v) is 5.86. The molecule has 2 aromatic carbocycles. The molecule has 0 aliphatic heterocycles. The number of nitrogens with zero attached hydrogens (tertiary/aromatic N) is 4. The van der Waals surface area contributed by atoms with Crippen LogP contribution in [0.4, 0.5) is 0 Å². The molecule has 2 N–H and O–H groups in total. The largest absolute Gasteiger partial charge is 0.457 e. The van der Waals surface area contributed by atoms with Crippen molar-refractivity contribution in [3.8, 4) is 11.5 Å². The minimum atomic E-state index is -1.22. The van der Waals surface area contributed by atoms with E-state index < -0.39 is 22.1 Å². The van der Waals surface area contributed by atoms with Gasteiger partial charge in [-0.15, -0.1) is 0 Å². The lowest BCUT2D eigenvalue weighted by Gasteiger charge is -2.15. The molecule has 4 aromatic rings. The molecule has 0 atom stereocenters. The summed E-state index contributed by atoms with van der Waals surface area (Å²) in [6.45, 7) is 18.1. The van der Waals surface area contributed by atoms with Crippen LogP contribution in [0.25, 0.3) is 23.1 Å². The second-order valence-corrected chi connectivity index (χ2v) is 24.5. The molecule has 0 spiro atoms. The van der Waals surface area contributed by atoms with Crippen molar-refractivity contribution in [2.75, 3.05) is 13.2 Å². The molecule has 0 radical (unpaired) electrons. The van der Waals surface area contributed by atoms with Gasteiger partial charge in [0.15, 0.2) is 0 Å². The van der Waals surface area contributed by atoms with Crippen molar-refractivity contribution in [1.82, 2.24) is 19.3 Å². The number of amides is 1. The zero-order valence-corrected chi connectivity index (χ0v) is 28.5. The third kappa shape index (κ3) is 9.49. The van der Waals surface area contributed by atoms with Gasteiger partial charge in [-0.05, 0) is 61.0 Å². The number of hydrogen-bond donors (Lipinski definition) is 1. The summed E-state index contributed by atoms with van der Waals surface area (Å²) in [6, 6.07) is 13.4. The van der Waals surface area contributed by atoms with Crippen LogP contribution >= 0.6 is 0 Å². The molecule has 0 fully saturated rings. The fourth-order valence-electron chi connectivity index (χ4n) is 4.34. The highest BCUT2D eigenvalue weighted by molar-refractivity contribution is 6.76. The van der Waals surface area contributed by atoms with Gasteiger partial charge < -0.3 is 24.5 Å². The number of rotatable bonds is 15. The molecule has 0 saturated carbocycles. The number of nitrogens with two attached hydrogens (primary N) is 1. The third-order valence-corrected chi connectivity index (χ3v) is 10.4. The fraction of sp³-hybridized carbons (Fsp3) is 0.406. The first-order valence-electron chi connectivity index (χ1n) is 14.7. The lowest BCUT2D eigenvalue weighted by molar-refractivity contribution is 0.0816. The van der Waals surface area contributed by atoms with E-state index in [4.69, 9.17) is 25.0 Å². The molecule has 9 nitrogen and oxygen atoms in total. The summed E-state index contributed by atoms with van der Waals surface area (Å²) in [6.07, 6.45) is 7.64. The quantitative estimate of drug-likeness (QED) is 0.111. The van der Waals surface area contributed by atoms with Crippen LogP contribution in [0, 0.1) is 6.92 Å². The predicted octanol–water partition coefficient (Wildman–Crippen LogP) is 7.23. The number of imidazole rings is 1. The minimum absolute atomic E-state index is 0.328. The third-order valence-electron chi connectivity index (χ3n) is 7.04. The first-order valence-corrected chi connectivity index (χ1v) is 22.1. The maximum absolute atomic E-state index is 11.8. The summed E-state index contributed by atoms with van der Waals surface area (Å²) in [5.41, 5.74) is 8.46.